The number of benzene rings is 2. The number of H-pyrrole nitrogens is 1. The molecule has 0 saturated carbocycles. The van der Waals surface area contributed by atoms with Crippen molar-refractivity contribution in [3.63, 3.8) is 0 Å². The van der Waals surface area contributed by atoms with Gasteiger partial charge in [0.2, 0.25) is 0 Å². The minimum absolute atomic E-state index is 0.113. The highest BCUT2D eigenvalue weighted by molar-refractivity contribution is 6.30. The van der Waals surface area contributed by atoms with Gasteiger partial charge in [-0.15, -0.1) is 0 Å². The van der Waals surface area contributed by atoms with E-state index in [0.29, 0.717) is 42.0 Å². The van der Waals surface area contributed by atoms with Crippen LogP contribution in [0.2, 0.25) is 5.02 Å². The molecule has 0 bridgehead atoms. The molecule has 0 spiro atoms. The quantitative estimate of drug-likeness (QED) is 0.563. The molecular weight excluding hydrogens is 418 g/mol. The molecule has 1 aliphatic heterocycles. The lowest BCUT2D eigenvalue weighted by Crippen LogP contribution is -2.32. The third-order valence-electron chi connectivity index (χ3n) is 5.32. The normalized spacial score (nSPS) is 15.3. The van der Waals surface area contributed by atoms with Crippen LogP contribution >= 0.6 is 11.6 Å². The lowest BCUT2D eigenvalue weighted by molar-refractivity contribution is 0.0677. The third-order valence-corrected chi connectivity index (χ3v) is 5.57. The van der Waals surface area contributed by atoms with Crippen molar-refractivity contribution in [1.82, 2.24) is 15.1 Å². The Morgan fingerprint density at radius 3 is 2.58 bits per heavy atom. The number of aromatic amines is 1. The van der Waals surface area contributed by atoms with E-state index >= 15 is 0 Å². The molecule has 2 aromatic carbocycles. The van der Waals surface area contributed by atoms with Crippen LogP contribution in [0.3, 0.4) is 0 Å². The molecule has 1 unspecified atom stereocenters. The molecule has 162 valence electrons. The zero-order valence-electron chi connectivity index (χ0n) is 17.6. The first kappa shape index (κ1) is 21.2. The summed E-state index contributed by atoms with van der Waals surface area (Å²) in [5.41, 5.74) is 3.82. The van der Waals surface area contributed by atoms with Gasteiger partial charge in [-0.3, -0.25) is 9.89 Å². The van der Waals surface area contributed by atoms with Gasteiger partial charge in [-0.05, 0) is 36.8 Å². The SMILES string of the molecule is CCOc1ccc(C2c3c(-c4ccc(Cl)cc4)n[nH]c3C(=O)N2CCOC)cc1OC. The Kier molecular flexibility index (Phi) is 6.15. The first-order valence-corrected chi connectivity index (χ1v) is 10.4. The maximum absolute atomic E-state index is 13.2. The van der Waals surface area contributed by atoms with Crippen molar-refractivity contribution >= 4 is 17.5 Å². The second-order valence-corrected chi connectivity index (χ2v) is 7.54. The molecule has 31 heavy (non-hydrogen) atoms. The lowest BCUT2D eigenvalue weighted by atomic mass is 9.95. The average Bonchev–Trinajstić information content (AvgIpc) is 3.32. The predicted octanol–water partition coefficient (Wildman–Crippen LogP) is 4.33. The number of fused-ring (bicyclic) bond motifs is 1. The highest BCUT2D eigenvalue weighted by atomic mass is 35.5. The lowest BCUT2D eigenvalue weighted by Gasteiger charge is -2.26. The summed E-state index contributed by atoms with van der Waals surface area (Å²) in [6.07, 6.45) is 0. The second kappa shape index (κ2) is 8.99. The second-order valence-electron chi connectivity index (χ2n) is 7.10. The van der Waals surface area contributed by atoms with Gasteiger partial charge in [-0.25, -0.2) is 0 Å². The molecule has 1 atom stereocenters. The van der Waals surface area contributed by atoms with Crippen LogP contribution < -0.4 is 9.47 Å². The first-order valence-electron chi connectivity index (χ1n) is 10.0. The molecule has 0 fully saturated rings. The summed E-state index contributed by atoms with van der Waals surface area (Å²) in [4.78, 5) is 15.0. The Bertz CT molecular complexity index is 1080. The zero-order chi connectivity index (χ0) is 22.0. The Hall–Kier alpha value is -3.03. The van der Waals surface area contributed by atoms with Crippen LogP contribution in [0.25, 0.3) is 11.3 Å². The molecule has 1 aromatic heterocycles. The molecule has 1 N–H and O–H groups in total. The Morgan fingerprint density at radius 2 is 1.90 bits per heavy atom. The van der Waals surface area contributed by atoms with Gasteiger partial charge in [-0.2, -0.15) is 5.10 Å². The summed E-state index contributed by atoms with van der Waals surface area (Å²) in [7, 11) is 3.22. The predicted molar refractivity (Wildman–Crippen MR) is 118 cm³/mol. The topological polar surface area (TPSA) is 76.7 Å². The molecule has 0 aliphatic carbocycles. The number of hydrogen-bond acceptors (Lipinski definition) is 5. The number of halogens is 1. The number of hydrogen-bond donors (Lipinski definition) is 1. The minimum atomic E-state index is -0.341. The monoisotopic (exact) mass is 441 g/mol. The Morgan fingerprint density at radius 1 is 1.13 bits per heavy atom. The average molecular weight is 442 g/mol. The van der Waals surface area contributed by atoms with Crippen LogP contribution in [0.4, 0.5) is 0 Å². The third kappa shape index (κ3) is 3.86. The number of rotatable bonds is 8. The van der Waals surface area contributed by atoms with Gasteiger partial charge in [0.15, 0.2) is 11.5 Å². The van der Waals surface area contributed by atoms with Crippen LogP contribution in [-0.2, 0) is 4.74 Å². The van der Waals surface area contributed by atoms with Crippen molar-refractivity contribution in [2.45, 2.75) is 13.0 Å². The molecule has 1 aliphatic rings. The fourth-order valence-electron chi connectivity index (χ4n) is 3.92. The van der Waals surface area contributed by atoms with Crippen LogP contribution in [0.15, 0.2) is 42.5 Å². The largest absolute Gasteiger partial charge is 0.493 e. The van der Waals surface area contributed by atoms with Crippen LogP contribution in [0, 0.1) is 0 Å². The number of carbonyl (C=O) groups is 1. The minimum Gasteiger partial charge on any atom is -0.493 e. The molecule has 7 nitrogen and oxygen atoms in total. The van der Waals surface area contributed by atoms with Crippen LogP contribution in [0.1, 0.15) is 34.6 Å². The number of nitrogens with zero attached hydrogens (tertiary/aromatic N) is 2. The van der Waals surface area contributed by atoms with Gasteiger partial charge in [-0.1, -0.05) is 29.8 Å². The van der Waals surface area contributed by atoms with Crippen molar-refractivity contribution in [1.29, 1.82) is 0 Å². The molecule has 1 amide bonds. The van der Waals surface area contributed by atoms with Crippen molar-refractivity contribution < 1.29 is 19.0 Å². The van der Waals surface area contributed by atoms with Crippen molar-refractivity contribution in [3.05, 3.63) is 64.3 Å². The van der Waals surface area contributed by atoms with E-state index in [1.54, 1.807) is 19.1 Å². The van der Waals surface area contributed by atoms with Crippen LogP contribution in [0.5, 0.6) is 11.5 Å². The van der Waals surface area contributed by atoms with E-state index in [2.05, 4.69) is 10.2 Å². The van der Waals surface area contributed by atoms with E-state index in [1.807, 2.05) is 49.4 Å². The molecule has 2 heterocycles. The van der Waals surface area contributed by atoms with Gasteiger partial charge < -0.3 is 19.1 Å². The van der Waals surface area contributed by atoms with Gasteiger partial charge in [0.05, 0.1) is 32.1 Å². The maximum atomic E-state index is 13.2. The van der Waals surface area contributed by atoms with E-state index in [0.717, 1.165) is 22.4 Å². The summed E-state index contributed by atoms with van der Waals surface area (Å²) in [6, 6.07) is 12.8. The summed E-state index contributed by atoms with van der Waals surface area (Å²) in [5, 5.41) is 8.05. The standard InChI is InChI=1S/C23H24ClN3O4/c1-4-31-17-10-7-15(13-18(17)30-3)22-19-20(14-5-8-16(24)9-6-14)25-26-21(19)23(28)27(22)11-12-29-2/h5-10,13,22H,4,11-12H2,1-3H3,(H,25,26). The molecule has 0 saturated heterocycles. The Labute approximate surface area is 185 Å². The van der Waals surface area contributed by atoms with E-state index in [4.69, 9.17) is 25.8 Å². The zero-order valence-corrected chi connectivity index (χ0v) is 18.4. The van der Waals surface area contributed by atoms with Gasteiger partial charge in [0.1, 0.15) is 5.69 Å². The highest BCUT2D eigenvalue weighted by Gasteiger charge is 2.42. The van der Waals surface area contributed by atoms with E-state index in [-0.39, 0.29) is 11.9 Å². The molecule has 3 aromatic rings. The van der Waals surface area contributed by atoms with Gasteiger partial charge >= 0.3 is 0 Å². The smallest absolute Gasteiger partial charge is 0.273 e. The first-order chi connectivity index (χ1) is 15.1. The van der Waals surface area contributed by atoms with E-state index in [1.165, 1.54) is 0 Å². The van der Waals surface area contributed by atoms with E-state index in [9.17, 15) is 4.79 Å². The Balaban J connectivity index is 1.84. The van der Waals surface area contributed by atoms with Crippen molar-refractivity contribution in [2.24, 2.45) is 0 Å². The molecule has 8 heteroatoms. The number of carbonyl (C=O) groups excluding carboxylic acids is 1. The molecule has 4 rings (SSSR count). The van der Waals surface area contributed by atoms with E-state index < -0.39 is 0 Å². The summed E-state index contributed by atoms with van der Waals surface area (Å²) < 4.78 is 16.5. The number of amides is 1. The van der Waals surface area contributed by atoms with Crippen LogP contribution in [-0.4, -0.2) is 55.0 Å². The highest BCUT2D eigenvalue weighted by Crippen LogP contribution is 2.44. The number of aromatic nitrogens is 2. The maximum Gasteiger partial charge on any atom is 0.273 e. The molecular formula is C23H24ClN3O4. The van der Waals surface area contributed by atoms with Gasteiger partial charge in [0, 0.05) is 29.8 Å². The summed E-state index contributed by atoms with van der Waals surface area (Å²) in [5.74, 6) is 1.16. The number of ether oxygens (including phenoxy) is 3. The van der Waals surface area contributed by atoms with Crippen molar-refractivity contribution in [2.75, 3.05) is 34.0 Å². The summed E-state index contributed by atoms with van der Waals surface area (Å²) >= 11 is 6.06. The van der Waals surface area contributed by atoms with Crippen molar-refractivity contribution in [3.8, 4) is 22.8 Å². The number of methoxy groups -OCH3 is 2. The summed E-state index contributed by atoms with van der Waals surface area (Å²) in [6.45, 7) is 3.32. The number of nitrogens with one attached hydrogen (secondary N) is 1. The molecule has 0 radical (unpaired) electrons. The fraction of sp³-hybridized carbons (Fsp3) is 0.304. The fourth-order valence-corrected chi connectivity index (χ4v) is 4.05. The van der Waals surface area contributed by atoms with Gasteiger partial charge in [0.25, 0.3) is 5.91 Å².